The van der Waals surface area contributed by atoms with E-state index in [4.69, 9.17) is 9.73 Å². The first-order chi connectivity index (χ1) is 20.2. The van der Waals surface area contributed by atoms with E-state index in [0.717, 1.165) is 35.0 Å². The van der Waals surface area contributed by atoms with Crippen LogP contribution >= 0.6 is 11.8 Å². The van der Waals surface area contributed by atoms with Gasteiger partial charge in [0, 0.05) is 42.3 Å². The third-order valence-electron chi connectivity index (χ3n) is 7.33. The number of hydrogen-bond acceptors (Lipinski definition) is 5. The van der Waals surface area contributed by atoms with Gasteiger partial charge in [0.15, 0.2) is 5.17 Å². The van der Waals surface area contributed by atoms with Crippen LogP contribution in [0.1, 0.15) is 17.5 Å². The molecule has 208 valence electrons. The maximum Gasteiger partial charge on any atom is 0.266 e. The molecule has 0 spiro atoms. The van der Waals surface area contributed by atoms with Crippen molar-refractivity contribution < 1.29 is 14.3 Å². The van der Waals surface area contributed by atoms with Gasteiger partial charge < -0.3 is 14.2 Å². The van der Waals surface area contributed by atoms with Gasteiger partial charge in [0.25, 0.3) is 5.91 Å². The van der Waals surface area contributed by atoms with Gasteiger partial charge in [-0.05, 0) is 54.4 Å². The fourth-order valence-electron chi connectivity index (χ4n) is 5.21. The third kappa shape index (κ3) is 6.29. The molecular formula is C33H32N4O3S. The van der Waals surface area contributed by atoms with E-state index in [9.17, 15) is 9.59 Å². The second-order valence-corrected chi connectivity index (χ2v) is 11.1. The highest BCUT2D eigenvalue weighted by atomic mass is 32.2. The molecule has 0 N–H and O–H groups in total. The Morgan fingerprint density at radius 2 is 1.63 bits per heavy atom. The topological polar surface area (TPSA) is 67.1 Å². The summed E-state index contributed by atoms with van der Waals surface area (Å²) < 4.78 is 7.39. The van der Waals surface area contributed by atoms with Crippen LogP contribution in [0.4, 0.5) is 5.69 Å². The molecule has 2 aliphatic rings. The SMILES string of the molecule is O=C(Cn1cc(/C=C2\SC(=Nc3ccccc3)N(CCCc3ccccc3)C2=O)c2ccccc21)N1CCOCC1. The van der Waals surface area contributed by atoms with Crippen molar-refractivity contribution in [2.24, 2.45) is 4.99 Å². The number of aromatic nitrogens is 1. The van der Waals surface area contributed by atoms with E-state index < -0.39 is 0 Å². The van der Waals surface area contributed by atoms with Gasteiger partial charge in [0.1, 0.15) is 6.54 Å². The number of aryl methyl sites for hydroxylation is 1. The van der Waals surface area contributed by atoms with Gasteiger partial charge in [-0.15, -0.1) is 0 Å². The summed E-state index contributed by atoms with van der Waals surface area (Å²) in [6.07, 6.45) is 5.65. The number of amidine groups is 1. The van der Waals surface area contributed by atoms with Crippen LogP contribution in [-0.2, 0) is 27.3 Å². The summed E-state index contributed by atoms with van der Waals surface area (Å²) >= 11 is 1.41. The minimum absolute atomic E-state index is 0.0426. The van der Waals surface area contributed by atoms with Gasteiger partial charge in [-0.2, -0.15) is 0 Å². The number of fused-ring (bicyclic) bond motifs is 1. The molecule has 2 saturated heterocycles. The van der Waals surface area contributed by atoms with Crippen LogP contribution in [0.2, 0.25) is 0 Å². The molecule has 6 rings (SSSR count). The summed E-state index contributed by atoms with van der Waals surface area (Å²) in [6.45, 7) is 3.21. The molecule has 0 radical (unpaired) electrons. The number of ether oxygens (including phenoxy) is 1. The Bertz CT molecular complexity index is 1590. The van der Waals surface area contributed by atoms with Crippen LogP contribution in [-0.4, -0.2) is 64.2 Å². The second kappa shape index (κ2) is 12.6. The lowest BCUT2D eigenvalue weighted by atomic mass is 10.1. The van der Waals surface area contributed by atoms with Crippen LogP contribution in [0.25, 0.3) is 17.0 Å². The number of benzene rings is 3. The Morgan fingerprint density at radius 3 is 2.41 bits per heavy atom. The molecule has 0 unspecified atom stereocenters. The zero-order chi connectivity index (χ0) is 28.0. The summed E-state index contributed by atoms with van der Waals surface area (Å²) in [5.74, 6) is 0.0282. The van der Waals surface area contributed by atoms with E-state index in [-0.39, 0.29) is 18.4 Å². The van der Waals surface area contributed by atoms with Gasteiger partial charge in [-0.1, -0.05) is 66.7 Å². The molecule has 0 aliphatic carbocycles. The predicted octanol–water partition coefficient (Wildman–Crippen LogP) is 5.74. The van der Waals surface area contributed by atoms with Crippen molar-refractivity contribution >= 4 is 51.4 Å². The Hall–Kier alpha value is -4.14. The minimum Gasteiger partial charge on any atom is -0.378 e. The van der Waals surface area contributed by atoms with Gasteiger partial charge in [0.2, 0.25) is 5.91 Å². The average Bonchev–Trinajstić information content (AvgIpc) is 3.50. The molecule has 2 amide bonds. The molecule has 0 saturated carbocycles. The first-order valence-corrected chi connectivity index (χ1v) is 14.8. The zero-order valence-corrected chi connectivity index (χ0v) is 23.6. The Kier molecular flexibility index (Phi) is 8.30. The molecule has 7 nitrogen and oxygen atoms in total. The van der Waals surface area contributed by atoms with Crippen molar-refractivity contribution in [2.45, 2.75) is 19.4 Å². The molecule has 0 bridgehead atoms. The van der Waals surface area contributed by atoms with Crippen molar-refractivity contribution in [2.75, 3.05) is 32.8 Å². The number of para-hydroxylation sites is 2. The Labute approximate surface area is 244 Å². The predicted molar refractivity (Wildman–Crippen MR) is 165 cm³/mol. The lowest BCUT2D eigenvalue weighted by Crippen LogP contribution is -2.42. The number of rotatable bonds is 8. The van der Waals surface area contributed by atoms with Crippen molar-refractivity contribution in [3.05, 3.63) is 107 Å². The van der Waals surface area contributed by atoms with Gasteiger partial charge >= 0.3 is 0 Å². The Morgan fingerprint density at radius 1 is 0.927 bits per heavy atom. The Balaban J connectivity index is 1.28. The molecular weight excluding hydrogens is 532 g/mol. The fourth-order valence-corrected chi connectivity index (χ4v) is 6.22. The summed E-state index contributed by atoms with van der Waals surface area (Å²) in [4.78, 5) is 35.9. The quantitative estimate of drug-likeness (QED) is 0.256. The highest BCUT2D eigenvalue weighted by Gasteiger charge is 2.33. The van der Waals surface area contributed by atoms with Gasteiger partial charge in [-0.25, -0.2) is 4.99 Å². The maximum atomic E-state index is 13.8. The maximum absolute atomic E-state index is 13.8. The molecule has 3 heterocycles. The highest BCUT2D eigenvalue weighted by Crippen LogP contribution is 2.36. The molecule has 2 fully saturated rings. The highest BCUT2D eigenvalue weighted by molar-refractivity contribution is 8.18. The molecule has 8 heteroatoms. The minimum atomic E-state index is -0.0426. The summed E-state index contributed by atoms with van der Waals surface area (Å²) in [7, 11) is 0. The first-order valence-electron chi connectivity index (χ1n) is 14.0. The van der Waals surface area contributed by atoms with E-state index in [0.29, 0.717) is 42.9 Å². The second-order valence-electron chi connectivity index (χ2n) is 10.1. The smallest absolute Gasteiger partial charge is 0.266 e. The first kappa shape index (κ1) is 27.1. The van der Waals surface area contributed by atoms with Crippen molar-refractivity contribution in [3.63, 3.8) is 0 Å². The number of nitrogens with zero attached hydrogens (tertiary/aromatic N) is 4. The number of amides is 2. The van der Waals surface area contributed by atoms with Crippen molar-refractivity contribution in [1.82, 2.24) is 14.4 Å². The number of morpholine rings is 1. The number of carbonyl (C=O) groups is 2. The number of carbonyl (C=O) groups excluding carboxylic acids is 2. The van der Waals surface area contributed by atoms with Gasteiger partial charge in [-0.3, -0.25) is 14.5 Å². The van der Waals surface area contributed by atoms with Crippen LogP contribution in [0.3, 0.4) is 0 Å². The largest absolute Gasteiger partial charge is 0.378 e. The van der Waals surface area contributed by atoms with Crippen LogP contribution in [0, 0.1) is 0 Å². The van der Waals surface area contributed by atoms with Gasteiger partial charge in [0.05, 0.1) is 23.8 Å². The van der Waals surface area contributed by atoms with E-state index in [1.165, 1.54) is 17.3 Å². The zero-order valence-electron chi connectivity index (χ0n) is 22.8. The monoisotopic (exact) mass is 564 g/mol. The number of thioether (sulfide) groups is 1. The fraction of sp³-hybridized carbons (Fsp3) is 0.242. The normalized spacial score (nSPS) is 17.7. The standard InChI is InChI=1S/C33H32N4O3S/c38-31(35-18-20-40-21-19-35)24-36-23-26(28-15-7-8-16-29(28)36)22-30-32(39)37(17-9-12-25-10-3-1-4-11-25)33(41-30)34-27-13-5-2-6-14-27/h1-8,10-11,13-16,22-23H,9,12,17-21,24H2/b30-22-,34-33?. The molecule has 2 aliphatic heterocycles. The molecule has 3 aromatic carbocycles. The van der Waals surface area contributed by atoms with E-state index >= 15 is 0 Å². The molecule has 4 aromatic rings. The van der Waals surface area contributed by atoms with Crippen LogP contribution in [0.15, 0.2) is 101 Å². The van der Waals surface area contributed by atoms with E-state index in [1.807, 2.05) is 94.5 Å². The average molecular weight is 565 g/mol. The summed E-state index contributed by atoms with van der Waals surface area (Å²) in [6, 6.07) is 28.1. The van der Waals surface area contributed by atoms with Crippen LogP contribution in [0.5, 0.6) is 0 Å². The molecule has 1 aromatic heterocycles. The summed E-state index contributed by atoms with van der Waals surface area (Å²) in [5.41, 5.74) is 3.95. The summed E-state index contributed by atoms with van der Waals surface area (Å²) in [5, 5.41) is 1.69. The van der Waals surface area contributed by atoms with Crippen molar-refractivity contribution in [3.8, 4) is 0 Å². The molecule has 41 heavy (non-hydrogen) atoms. The van der Waals surface area contributed by atoms with E-state index in [2.05, 4.69) is 12.1 Å². The number of aliphatic imine (C=N–C) groups is 1. The van der Waals surface area contributed by atoms with Crippen molar-refractivity contribution in [1.29, 1.82) is 0 Å². The lowest BCUT2D eigenvalue weighted by molar-refractivity contribution is -0.135. The molecule has 0 atom stereocenters. The third-order valence-corrected chi connectivity index (χ3v) is 8.34. The number of hydrogen-bond donors (Lipinski definition) is 0. The van der Waals surface area contributed by atoms with Crippen LogP contribution < -0.4 is 0 Å². The lowest BCUT2D eigenvalue weighted by Gasteiger charge is -2.27. The van der Waals surface area contributed by atoms with E-state index in [1.54, 1.807) is 4.90 Å².